The third-order valence-corrected chi connectivity index (χ3v) is 6.90. The van der Waals surface area contributed by atoms with Crippen molar-refractivity contribution < 1.29 is 13.2 Å². The first-order valence-electron chi connectivity index (χ1n) is 9.77. The van der Waals surface area contributed by atoms with Crippen LogP contribution in [0.1, 0.15) is 40.6 Å². The zero-order valence-corrected chi connectivity index (χ0v) is 18.2. The predicted octanol–water partition coefficient (Wildman–Crippen LogP) is 3.06. The number of amides is 1. The number of nitrogens with zero attached hydrogens (tertiary/aromatic N) is 3. The van der Waals surface area contributed by atoms with Crippen LogP contribution in [0.2, 0.25) is 5.02 Å². The maximum absolute atomic E-state index is 12.9. The highest BCUT2D eigenvalue weighted by atomic mass is 35.5. The third kappa shape index (κ3) is 4.35. The molecule has 0 spiro atoms. The van der Waals surface area contributed by atoms with Crippen LogP contribution in [0.4, 0.5) is 0 Å². The van der Waals surface area contributed by atoms with E-state index < -0.39 is 10.0 Å². The van der Waals surface area contributed by atoms with E-state index in [1.165, 1.54) is 10.6 Å². The Kier molecular flexibility index (Phi) is 5.81. The molecule has 7 nitrogen and oxygen atoms in total. The Hall–Kier alpha value is -2.42. The minimum absolute atomic E-state index is 0.0683. The van der Waals surface area contributed by atoms with E-state index in [-0.39, 0.29) is 11.8 Å². The lowest BCUT2D eigenvalue weighted by Gasteiger charge is -2.30. The molecule has 1 aromatic carbocycles. The molecule has 3 heterocycles. The number of carbonyl (C=O) groups is 1. The van der Waals surface area contributed by atoms with E-state index >= 15 is 0 Å². The first-order chi connectivity index (χ1) is 14.3. The van der Waals surface area contributed by atoms with E-state index in [0.29, 0.717) is 35.9 Å². The Balaban J connectivity index is 1.60. The normalized spacial score (nSPS) is 17.9. The quantitative estimate of drug-likeness (QED) is 0.652. The zero-order chi connectivity index (χ0) is 21.3. The molecule has 2 aromatic heterocycles. The van der Waals surface area contributed by atoms with Gasteiger partial charge in [0.2, 0.25) is 10.0 Å². The van der Waals surface area contributed by atoms with Gasteiger partial charge >= 0.3 is 0 Å². The molecule has 158 valence electrons. The van der Waals surface area contributed by atoms with Gasteiger partial charge in [0.15, 0.2) is 5.69 Å². The number of imidazole rings is 1. The molecule has 9 heteroatoms. The van der Waals surface area contributed by atoms with Gasteiger partial charge in [-0.2, -0.15) is 0 Å². The molecule has 0 saturated carbocycles. The largest absolute Gasteiger partial charge is 0.347 e. The van der Waals surface area contributed by atoms with Crippen LogP contribution in [0.25, 0.3) is 5.52 Å². The molecule has 1 saturated heterocycles. The van der Waals surface area contributed by atoms with Crippen molar-refractivity contribution in [1.82, 2.24) is 19.0 Å². The summed E-state index contributed by atoms with van der Waals surface area (Å²) in [7, 11) is -3.26. The summed E-state index contributed by atoms with van der Waals surface area (Å²) >= 11 is 5.91. The van der Waals surface area contributed by atoms with Gasteiger partial charge in [-0.1, -0.05) is 29.8 Å². The lowest BCUT2D eigenvalue weighted by Crippen LogP contribution is -2.38. The number of hydrogen-bond donors (Lipinski definition) is 1. The molecule has 0 aliphatic carbocycles. The van der Waals surface area contributed by atoms with Gasteiger partial charge in [-0.3, -0.25) is 4.79 Å². The number of fused-ring (bicyclic) bond motifs is 1. The number of pyridine rings is 1. The molecule has 0 radical (unpaired) electrons. The molecular formula is C21H23ClN4O3S. The fourth-order valence-electron chi connectivity index (χ4n) is 3.84. The molecule has 3 aromatic rings. The highest BCUT2D eigenvalue weighted by Crippen LogP contribution is 2.29. The number of piperidine rings is 1. The van der Waals surface area contributed by atoms with E-state index in [4.69, 9.17) is 11.6 Å². The number of hydrogen-bond acceptors (Lipinski definition) is 4. The second-order valence-corrected chi connectivity index (χ2v) is 9.96. The molecule has 1 aliphatic rings. The third-order valence-electron chi connectivity index (χ3n) is 5.38. The molecule has 1 atom stereocenters. The van der Waals surface area contributed by atoms with Crippen molar-refractivity contribution >= 4 is 33.0 Å². The molecular weight excluding hydrogens is 424 g/mol. The number of sulfonamides is 1. The van der Waals surface area contributed by atoms with Gasteiger partial charge in [-0.25, -0.2) is 17.7 Å². The van der Waals surface area contributed by atoms with Crippen LogP contribution in [0, 0.1) is 0 Å². The summed E-state index contributed by atoms with van der Waals surface area (Å²) in [4.78, 5) is 17.6. The SMILES string of the molecule is CS(=O)(=O)N1CCC[C@@H](c2nc(C(=O)NCc3ccc(Cl)cc3)c3ccccn23)C1. The Bertz CT molecular complexity index is 1170. The summed E-state index contributed by atoms with van der Waals surface area (Å²) in [6, 6.07) is 12.9. The second kappa shape index (κ2) is 8.37. The minimum atomic E-state index is -3.26. The Morgan fingerprint density at radius 3 is 2.73 bits per heavy atom. The smallest absolute Gasteiger partial charge is 0.272 e. The lowest BCUT2D eigenvalue weighted by molar-refractivity contribution is 0.0948. The van der Waals surface area contributed by atoms with Crippen LogP contribution in [0.3, 0.4) is 0 Å². The van der Waals surface area contributed by atoms with Crippen LogP contribution in [0.15, 0.2) is 48.7 Å². The summed E-state index contributed by atoms with van der Waals surface area (Å²) in [6.07, 6.45) is 4.69. The van der Waals surface area contributed by atoms with Gasteiger partial charge in [-0.15, -0.1) is 0 Å². The molecule has 0 unspecified atom stereocenters. The van der Waals surface area contributed by atoms with Crippen molar-refractivity contribution in [2.45, 2.75) is 25.3 Å². The number of aromatic nitrogens is 2. The lowest BCUT2D eigenvalue weighted by atomic mass is 9.99. The average molecular weight is 447 g/mol. The molecule has 0 bridgehead atoms. The van der Waals surface area contributed by atoms with Gasteiger partial charge in [0.25, 0.3) is 5.91 Å². The van der Waals surface area contributed by atoms with Crippen LogP contribution < -0.4 is 5.32 Å². The van der Waals surface area contributed by atoms with Crippen molar-refractivity contribution in [3.63, 3.8) is 0 Å². The first-order valence-corrected chi connectivity index (χ1v) is 12.0. The molecule has 1 N–H and O–H groups in total. The first kappa shape index (κ1) is 20.8. The molecule has 1 aliphatic heterocycles. The van der Waals surface area contributed by atoms with Gasteiger partial charge in [0.1, 0.15) is 5.82 Å². The number of benzene rings is 1. The highest BCUT2D eigenvalue weighted by molar-refractivity contribution is 7.88. The van der Waals surface area contributed by atoms with Crippen LogP contribution >= 0.6 is 11.6 Å². The van der Waals surface area contributed by atoms with Gasteiger partial charge in [0, 0.05) is 36.8 Å². The molecule has 4 rings (SSSR count). The fourth-order valence-corrected chi connectivity index (χ4v) is 4.88. The summed E-state index contributed by atoms with van der Waals surface area (Å²) < 4.78 is 27.4. The standard InChI is InChI=1S/C21H23ClN4O3S/c1-30(28,29)25-11-4-5-16(14-25)20-24-19(18-6-2-3-12-26(18)20)21(27)23-13-15-7-9-17(22)10-8-15/h2-3,6-10,12,16H,4-5,11,13-14H2,1H3,(H,23,27)/t16-/m1/s1. The topological polar surface area (TPSA) is 83.8 Å². The molecule has 1 fully saturated rings. The highest BCUT2D eigenvalue weighted by Gasteiger charge is 2.30. The summed E-state index contributed by atoms with van der Waals surface area (Å²) in [6.45, 7) is 1.26. The van der Waals surface area contributed by atoms with Gasteiger partial charge in [0.05, 0.1) is 11.8 Å². The second-order valence-electron chi connectivity index (χ2n) is 7.54. The van der Waals surface area contributed by atoms with Crippen molar-refractivity contribution in [3.8, 4) is 0 Å². The van der Waals surface area contributed by atoms with E-state index in [0.717, 1.165) is 24.2 Å². The number of nitrogens with one attached hydrogen (secondary N) is 1. The Morgan fingerprint density at radius 1 is 1.23 bits per heavy atom. The van der Waals surface area contributed by atoms with Crippen LogP contribution in [-0.4, -0.2) is 47.4 Å². The van der Waals surface area contributed by atoms with Crippen molar-refractivity contribution in [2.75, 3.05) is 19.3 Å². The zero-order valence-electron chi connectivity index (χ0n) is 16.6. The fraction of sp³-hybridized carbons (Fsp3) is 0.333. The molecule has 30 heavy (non-hydrogen) atoms. The minimum Gasteiger partial charge on any atom is -0.347 e. The van der Waals surface area contributed by atoms with Crippen molar-refractivity contribution in [3.05, 3.63) is 70.8 Å². The van der Waals surface area contributed by atoms with E-state index in [1.807, 2.05) is 40.9 Å². The maximum atomic E-state index is 12.9. The number of rotatable bonds is 5. The average Bonchev–Trinajstić information content (AvgIpc) is 3.12. The van der Waals surface area contributed by atoms with E-state index in [9.17, 15) is 13.2 Å². The summed E-state index contributed by atoms with van der Waals surface area (Å²) in [5.74, 6) is 0.382. The van der Waals surface area contributed by atoms with Gasteiger partial charge in [-0.05, 0) is 42.7 Å². The number of halogens is 1. The molecule has 1 amide bonds. The van der Waals surface area contributed by atoms with Crippen LogP contribution in [-0.2, 0) is 16.6 Å². The Morgan fingerprint density at radius 2 is 2.00 bits per heavy atom. The van der Waals surface area contributed by atoms with Crippen molar-refractivity contribution in [1.29, 1.82) is 0 Å². The van der Waals surface area contributed by atoms with E-state index in [2.05, 4.69) is 10.3 Å². The monoisotopic (exact) mass is 446 g/mol. The van der Waals surface area contributed by atoms with Crippen molar-refractivity contribution in [2.24, 2.45) is 0 Å². The van der Waals surface area contributed by atoms with E-state index in [1.54, 1.807) is 12.1 Å². The number of carbonyl (C=O) groups excluding carboxylic acids is 1. The summed E-state index contributed by atoms with van der Waals surface area (Å²) in [5, 5.41) is 3.56. The van der Waals surface area contributed by atoms with Crippen LogP contribution in [0.5, 0.6) is 0 Å². The Labute approximate surface area is 180 Å². The summed E-state index contributed by atoms with van der Waals surface area (Å²) in [5.41, 5.74) is 1.99. The van der Waals surface area contributed by atoms with Gasteiger partial charge < -0.3 is 9.72 Å². The maximum Gasteiger partial charge on any atom is 0.272 e. The predicted molar refractivity (Wildman–Crippen MR) is 116 cm³/mol.